The van der Waals surface area contributed by atoms with Gasteiger partial charge in [-0.2, -0.15) is 0 Å². The maximum absolute atomic E-state index is 13.2. The summed E-state index contributed by atoms with van der Waals surface area (Å²) in [5.41, 5.74) is 0.338. The van der Waals surface area contributed by atoms with Crippen molar-refractivity contribution in [3.63, 3.8) is 0 Å². The van der Waals surface area contributed by atoms with Crippen molar-refractivity contribution in [2.45, 2.75) is 19.4 Å². The van der Waals surface area contributed by atoms with Crippen LogP contribution < -0.4 is 5.32 Å². The number of carbonyl (C=O) groups excluding carboxylic acids is 1. The molecular weight excluding hydrogens is 212 g/mol. The molecule has 0 fully saturated rings. The molecule has 1 N–H and O–H groups in total. The molecule has 2 nitrogen and oxygen atoms in total. The highest BCUT2D eigenvalue weighted by atomic mass is 19.3. The first-order valence-corrected chi connectivity index (χ1v) is 4.81. The maximum Gasteiger partial charge on any atom is 0.270 e. The van der Waals surface area contributed by atoms with Gasteiger partial charge >= 0.3 is 0 Å². The third-order valence-electron chi connectivity index (χ3n) is 2.13. The fourth-order valence-electron chi connectivity index (χ4n) is 1.36. The molecule has 16 heavy (non-hydrogen) atoms. The average molecular weight is 225 g/mol. The summed E-state index contributed by atoms with van der Waals surface area (Å²) in [5.74, 6) is -3.29. The molecule has 0 radical (unpaired) electrons. The zero-order chi connectivity index (χ0) is 12.2. The molecule has 1 aromatic rings. The summed E-state index contributed by atoms with van der Waals surface area (Å²) < 4.78 is 26.4. The second-order valence-corrected chi connectivity index (χ2v) is 3.47. The van der Waals surface area contributed by atoms with Crippen LogP contribution in [0, 0.1) is 0 Å². The van der Waals surface area contributed by atoms with E-state index in [0.29, 0.717) is 5.56 Å². The van der Waals surface area contributed by atoms with Crippen molar-refractivity contribution in [3.8, 4) is 0 Å². The Morgan fingerprint density at radius 1 is 1.50 bits per heavy atom. The van der Waals surface area contributed by atoms with E-state index >= 15 is 0 Å². The molecule has 1 aromatic carbocycles. The Kier molecular flexibility index (Phi) is 3.77. The molecule has 0 aliphatic carbocycles. The Hall–Kier alpha value is -1.71. The van der Waals surface area contributed by atoms with Gasteiger partial charge in [-0.25, -0.2) is 8.78 Å². The number of hydrogen-bond acceptors (Lipinski definition) is 1. The van der Waals surface area contributed by atoms with Crippen LogP contribution in [-0.2, 0) is 17.3 Å². The van der Waals surface area contributed by atoms with Gasteiger partial charge in [0.15, 0.2) is 0 Å². The minimum absolute atomic E-state index is 0.0700. The summed E-state index contributed by atoms with van der Waals surface area (Å²) in [7, 11) is 0. The first-order chi connectivity index (χ1) is 7.45. The Bertz CT molecular complexity index is 396. The molecule has 0 saturated carbocycles. The van der Waals surface area contributed by atoms with Gasteiger partial charge in [0, 0.05) is 19.0 Å². The number of carbonyl (C=O) groups is 1. The molecule has 1 amide bonds. The number of halogens is 2. The van der Waals surface area contributed by atoms with Crippen LogP contribution in [0.25, 0.3) is 0 Å². The van der Waals surface area contributed by atoms with E-state index in [1.165, 1.54) is 6.07 Å². The Morgan fingerprint density at radius 2 is 2.12 bits per heavy atom. The van der Waals surface area contributed by atoms with Gasteiger partial charge in [0.05, 0.1) is 0 Å². The van der Waals surface area contributed by atoms with Gasteiger partial charge in [-0.15, -0.1) is 0 Å². The lowest BCUT2D eigenvalue weighted by molar-refractivity contribution is -0.116. The van der Waals surface area contributed by atoms with E-state index in [9.17, 15) is 13.6 Å². The highest BCUT2D eigenvalue weighted by Crippen LogP contribution is 2.29. The smallest absolute Gasteiger partial charge is 0.270 e. The SMILES string of the molecule is C=CC(=O)NCc1ccccc1C(C)(F)F. The predicted octanol–water partition coefficient (Wildman–Crippen LogP) is 2.60. The van der Waals surface area contributed by atoms with E-state index in [1.807, 2.05) is 0 Å². The van der Waals surface area contributed by atoms with Gasteiger partial charge in [0.2, 0.25) is 5.91 Å². The van der Waals surface area contributed by atoms with Crippen molar-refractivity contribution in [3.05, 3.63) is 48.0 Å². The van der Waals surface area contributed by atoms with E-state index in [1.54, 1.807) is 18.2 Å². The van der Waals surface area contributed by atoms with Crippen molar-refractivity contribution >= 4 is 5.91 Å². The van der Waals surface area contributed by atoms with Gasteiger partial charge in [-0.3, -0.25) is 4.79 Å². The lowest BCUT2D eigenvalue weighted by Crippen LogP contribution is -2.22. The summed E-state index contributed by atoms with van der Waals surface area (Å²) in [6, 6.07) is 6.13. The molecule has 0 aromatic heterocycles. The normalized spacial score (nSPS) is 10.9. The fraction of sp³-hybridized carbons (Fsp3) is 0.250. The number of amides is 1. The molecule has 0 aliphatic rings. The minimum Gasteiger partial charge on any atom is -0.348 e. The van der Waals surface area contributed by atoms with Crippen LogP contribution >= 0.6 is 0 Å². The highest BCUT2D eigenvalue weighted by molar-refractivity contribution is 5.86. The molecule has 0 bridgehead atoms. The van der Waals surface area contributed by atoms with Gasteiger partial charge < -0.3 is 5.32 Å². The summed E-state index contributed by atoms with van der Waals surface area (Å²) >= 11 is 0. The van der Waals surface area contributed by atoms with Crippen molar-refractivity contribution in [2.75, 3.05) is 0 Å². The summed E-state index contributed by atoms with van der Waals surface area (Å²) in [6.07, 6.45) is 1.10. The van der Waals surface area contributed by atoms with Gasteiger partial charge in [0.25, 0.3) is 5.92 Å². The zero-order valence-corrected chi connectivity index (χ0v) is 8.97. The molecule has 86 valence electrons. The van der Waals surface area contributed by atoms with Crippen molar-refractivity contribution in [2.24, 2.45) is 0 Å². The second-order valence-electron chi connectivity index (χ2n) is 3.47. The van der Waals surface area contributed by atoms with Gasteiger partial charge in [-0.05, 0) is 11.6 Å². The number of rotatable bonds is 4. The quantitative estimate of drug-likeness (QED) is 0.784. The van der Waals surface area contributed by atoms with Gasteiger partial charge in [-0.1, -0.05) is 30.8 Å². The summed E-state index contributed by atoms with van der Waals surface area (Å²) in [5, 5.41) is 2.47. The Balaban J connectivity index is 2.87. The van der Waals surface area contributed by atoms with Crippen LogP contribution in [0.4, 0.5) is 8.78 Å². The molecule has 0 spiro atoms. The summed E-state index contributed by atoms with van der Waals surface area (Å²) in [6.45, 7) is 4.19. The lowest BCUT2D eigenvalue weighted by Gasteiger charge is -2.15. The van der Waals surface area contributed by atoms with Crippen molar-refractivity contribution in [1.82, 2.24) is 5.32 Å². The predicted molar refractivity (Wildman–Crippen MR) is 58.1 cm³/mol. The average Bonchev–Trinajstić information content (AvgIpc) is 2.25. The number of nitrogens with one attached hydrogen (secondary N) is 1. The maximum atomic E-state index is 13.2. The van der Waals surface area contributed by atoms with Crippen LogP contribution in [0.1, 0.15) is 18.1 Å². The summed E-state index contributed by atoms with van der Waals surface area (Å²) in [4.78, 5) is 10.9. The van der Waals surface area contributed by atoms with Crippen LogP contribution in [0.5, 0.6) is 0 Å². The molecule has 0 aliphatic heterocycles. The highest BCUT2D eigenvalue weighted by Gasteiger charge is 2.26. The molecule has 1 rings (SSSR count). The molecular formula is C12H13F2NO. The van der Waals surface area contributed by atoms with E-state index < -0.39 is 5.92 Å². The number of benzene rings is 1. The standard InChI is InChI=1S/C12H13F2NO/c1-3-11(16)15-8-9-6-4-5-7-10(9)12(2,13)14/h3-7H,1,8H2,2H3,(H,15,16). The van der Waals surface area contributed by atoms with Crippen molar-refractivity contribution in [1.29, 1.82) is 0 Å². The van der Waals surface area contributed by atoms with Crippen molar-refractivity contribution < 1.29 is 13.6 Å². The molecule has 0 atom stereocenters. The van der Waals surface area contributed by atoms with Crippen LogP contribution in [0.3, 0.4) is 0 Å². The van der Waals surface area contributed by atoms with Gasteiger partial charge in [0.1, 0.15) is 0 Å². The molecule has 4 heteroatoms. The Labute approximate surface area is 93.0 Å². The lowest BCUT2D eigenvalue weighted by atomic mass is 10.0. The molecule has 0 unspecified atom stereocenters. The Morgan fingerprint density at radius 3 is 2.69 bits per heavy atom. The zero-order valence-electron chi connectivity index (χ0n) is 8.97. The largest absolute Gasteiger partial charge is 0.348 e. The topological polar surface area (TPSA) is 29.1 Å². The van der Waals surface area contributed by atoms with E-state index in [0.717, 1.165) is 13.0 Å². The fourth-order valence-corrected chi connectivity index (χ4v) is 1.36. The van der Waals surface area contributed by atoms with Crippen LogP contribution in [0.2, 0.25) is 0 Å². The van der Waals surface area contributed by atoms with Crippen LogP contribution in [0.15, 0.2) is 36.9 Å². The monoisotopic (exact) mass is 225 g/mol. The van der Waals surface area contributed by atoms with E-state index in [2.05, 4.69) is 11.9 Å². The van der Waals surface area contributed by atoms with E-state index in [-0.39, 0.29) is 18.0 Å². The third kappa shape index (κ3) is 3.15. The van der Waals surface area contributed by atoms with E-state index in [4.69, 9.17) is 0 Å². The molecule has 0 heterocycles. The third-order valence-corrected chi connectivity index (χ3v) is 2.13. The first kappa shape index (κ1) is 12.4. The number of hydrogen-bond donors (Lipinski definition) is 1. The number of alkyl halides is 2. The van der Waals surface area contributed by atoms with Crippen LogP contribution in [-0.4, -0.2) is 5.91 Å². The minimum atomic E-state index is -2.91. The molecule has 0 saturated heterocycles. The second kappa shape index (κ2) is 4.88. The first-order valence-electron chi connectivity index (χ1n) is 4.81.